The molecule has 0 atom stereocenters. The van der Waals surface area contributed by atoms with Gasteiger partial charge in [-0.05, 0) is 109 Å². The summed E-state index contributed by atoms with van der Waals surface area (Å²) >= 11 is 0. The Bertz CT molecular complexity index is 3510. The lowest BCUT2D eigenvalue weighted by Gasteiger charge is -2.33. The molecule has 10 aromatic carbocycles. The van der Waals surface area contributed by atoms with E-state index in [-0.39, 0.29) is 5.41 Å². The molecular formula is C59H41NO. The second-order valence-electron chi connectivity index (χ2n) is 16.9. The maximum Gasteiger partial charge on any atom is 0.143 e. The second-order valence-corrected chi connectivity index (χ2v) is 16.9. The van der Waals surface area contributed by atoms with Gasteiger partial charge in [-0.25, -0.2) is 0 Å². The fourth-order valence-electron chi connectivity index (χ4n) is 10.2. The molecule has 0 fully saturated rings. The first-order chi connectivity index (χ1) is 30.0. The zero-order chi connectivity index (χ0) is 40.7. The minimum atomic E-state index is -0.224. The maximum absolute atomic E-state index is 6.85. The molecule has 1 aliphatic rings. The Morgan fingerprint density at radius 3 is 1.84 bits per heavy atom. The van der Waals surface area contributed by atoms with Gasteiger partial charge < -0.3 is 9.32 Å². The fraction of sp³-hybridized carbons (Fsp3) is 0.0508. The Labute approximate surface area is 355 Å². The number of hydrogen-bond donors (Lipinski definition) is 0. The molecule has 0 saturated carbocycles. The smallest absolute Gasteiger partial charge is 0.143 e. The van der Waals surface area contributed by atoms with Crippen LogP contribution in [0.3, 0.4) is 0 Å². The number of hydrogen-bond acceptors (Lipinski definition) is 2. The van der Waals surface area contributed by atoms with Gasteiger partial charge in [0.2, 0.25) is 0 Å². The van der Waals surface area contributed by atoms with E-state index in [0.29, 0.717) is 0 Å². The molecule has 61 heavy (non-hydrogen) atoms. The number of para-hydroxylation sites is 2. The summed E-state index contributed by atoms with van der Waals surface area (Å²) in [6, 6.07) is 77.4. The third-order valence-electron chi connectivity index (χ3n) is 13.0. The monoisotopic (exact) mass is 779 g/mol. The molecule has 1 aliphatic carbocycles. The van der Waals surface area contributed by atoms with E-state index < -0.39 is 0 Å². The van der Waals surface area contributed by atoms with E-state index in [1.54, 1.807) is 0 Å². The van der Waals surface area contributed by atoms with Gasteiger partial charge in [0.1, 0.15) is 11.2 Å². The van der Waals surface area contributed by atoms with Crippen molar-refractivity contribution in [3.05, 3.63) is 223 Å². The Morgan fingerprint density at radius 1 is 0.377 bits per heavy atom. The quantitative estimate of drug-likeness (QED) is 0.167. The Morgan fingerprint density at radius 2 is 0.967 bits per heavy atom. The van der Waals surface area contributed by atoms with Gasteiger partial charge in [0.15, 0.2) is 0 Å². The molecule has 0 saturated heterocycles. The molecule has 0 radical (unpaired) electrons. The predicted octanol–water partition coefficient (Wildman–Crippen LogP) is 16.7. The van der Waals surface area contributed by atoms with E-state index in [1.807, 2.05) is 0 Å². The van der Waals surface area contributed by atoms with Crippen LogP contribution in [0.4, 0.5) is 17.1 Å². The molecular weight excluding hydrogens is 739 g/mol. The van der Waals surface area contributed by atoms with Crippen LogP contribution in [0.5, 0.6) is 0 Å². The summed E-state index contributed by atoms with van der Waals surface area (Å²) in [4.78, 5) is 2.48. The SMILES string of the molecule is CC1(C)c2ccccc2-c2cccc(N(c3ccc(-c4cccc(-c5cccc6ccccc56)c4)cc3)c3ccccc3-c3cccc4c3oc3cc5ccccc5cc34)c21. The van der Waals surface area contributed by atoms with Crippen molar-refractivity contribution in [3.8, 4) is 44.5 Å². The zero-order valence-corrected chi connectivity index (χ0v) is 34.1. The zero-order valence-electron chi connectivity index (χ0n) is 34.1. The third kappa shape index (κ3) is 5.56. The van der Waals surface area contributed by atoms with Crippen LogP contribution in [0.15, 0.2) is 217 Å². The number of anilines is 3. The molecule has 0 amide bonds. The van der Waals surface area contributed by atoms with Crippen LogP contribution >= 0.6 is 0 Å². The molecule has 0 bridgehead atoms. The van der Waals surface area contributed by atoms with E-state index in [4.69, 9.17) is 4.42 Å². The van der Waals surface area contributed by atoms with Crippen LogP contribution in [0.1, 0.15) is 25.0 Å². The molecule has 0 aliphatic heterocycles. The lowest BCUT2D eigenvalue weighted by atomic mass is 9.81. The molecule has 2 nitrogen and oxygen atoms in total. The van der Waals surface area contributed by atoms with Crippen LogP contribution in [0.25, 0.3) is 88.0 Å². The summed E-state index contributed by atoms with van der Waals surface area (Å²) in [6.07, 6.45) is 0. The number of benzene rings is 10. The van der Waals surface area contributed by atoms with Crippen molar-refractivity contribution < 1.29 is 4.42 Å². The van der Waals surface area contributed by atoms with Crippen molar-refractivity contribution >= 4 is 60.5 Å². The van der Waals surface area contributed by atoms with Gasteiger partial charge in [-0.2, -0.15) is 0 Å². The molecule has 1 heterocycles. The van der Waals surface area contributed by atoms with Gasteiger partial charge in [0.25, 0.3) is 0 Å². The Kier molecular flexibility index (Phi) is 7.92. The number of rotatable bonds is 6. The van der Waals surface area contributed by atoms with Gasteiger partial charge in [-0.15, -0.1) is 0 Å². The molecule has 11 aromatic rings. The fourth-order valence-corrected chi connectivity index (χ4v) is 10.2. The first-order valence-electron chi connectivity index (χ1n) is 21.2. The predicted molar refractivity (Wildman–Crippen MR) is 257 cm³/mol. The minimum absolute atomic E-state index is 0.224. The van der Waals surface area contributed by atoms with Gasteiger partial charge in [-0.3, -0.25) is 0 Å². The van der Waals surface area contributed by atoms with Gasteiger partial charge in [-0.1, -0.05) is 184 Å². The minimum Gasteiger partial charge on any atom is -0.455 e. The van der Waals surface area contributed by atoms with Crippen LogP contribution < -0.4 is 4.90 Å². The Balaban J connectivity index is 1.04. The topological polar surface area (TPSA) is 16.4 Å². The molecule has 0 unspecified atom stereocenters. The molecule has 288 valence electrons. The second kappa shape index (κ2) is 13.7. The van der Waals surface area contributed by atoms with Crippen LogP contribution in [-0.2, 0) is 5.41 Å². The lowest BCUT2D eigenvalue weighted by molar-refractivity contribution is 0.660. The van der Waals surface area contributed by atoms with E-state index in [1.165, 1.54) is 71.7 Å². The van der Waals surface area contributed by atoms with E-state index in [2.05, 4.69) is 231 Å². The van der Waals surface area contributed by atoms with E-state index in [0.717, 1.165) is 44.4 Å². The molecule has 2 heteroatoms. The summed E-state index contributed by atoms with van der Waals surface area (Å²) in [6.45, 7) is 4.74. The first-order valence-corrected chi connectivity index (χ1v) is 21.2. The van der Waals surface area contributed by atoms with Gasteiger partial charge in [0.05, 0.1) is 11.4 Å². The lowest BCUT2D eigenvalue weighted by Crippen LogP contribution is -2.21. The van der Waals surface area contributed by atoms with Crippen molar-refractivity contribution in [2.75, 3.05) is 4.90 Å². The van der Waals surface area contributed by atoms with Crippen molar-refractivity contribution in [1.29, 1.82) is 0 Å². The van der Waals surface area contributed by atoms with Crippen molar-refractivity contribution in [2.24, 2.45) is 0 Å². The van der Waals surface area contributed by atoms with Crippen LogP contribution in [0, 0.1) is 0 Å². The van der Waals surface area contributed by atoms with E-state index in [9.17, 15) is 0 Å². The number of nitrogens with zero attached hydrogens (tertiary/aromatic N) is 1. The average molecular weight is 780 g/mol. The summed E-state index contributed by atoms with van der Waals surface area (Å²) in [5.74, 6) is 0. The standard InChI is InChI=1S/C59H41NO/c1-59(2)53-28-9-7-22-47(53)49-25-14-30-55(57(49)59)60(44-33-31-38(32-34-44)40-19-11-20-43(35-40)46-24-12-18-39-15-5-6-21-45(39)46)54-29-10-8-23-48(54)50-26-13-27-51-52-36-41-16-3-4-17-42(41)37-56(52)61-58(50)51/h3-37H,1-2H3. The van der Waals surface area contributed by atoms with Crippen molar-refractivity contribution in [1.82, 2.24) is 0 Å². The van der Waals surface area contributed by atoms with Crippen LogP contribution in [-0.4, -0.2) is 0 Å². The van der Waals surface area contributed by atoms with Crippen LogP contribution in [0.2, 0.25) is 0 Å². The highest BCUT2D eigenvalue weighted by atomic mass is 16.3. The third-order valence-corrected chi connectivity index (χ3v) is 13.0. The highest BCUT2D eigenvalue weighted by Crippen LogP contribution is 2.55. The molecule has 0 N–H and O–H groups in total. The highest BCUT2D eigenvalue weighted by Gasteiger charge is 2.39. The maximum atomic E-state index is 6.85. The molecule has 1 aromatic heterocycles. The van der Waals surface area contributed by atoms with Crippen molar-refractivity contribution in [2.45, 2.75) is 19.3 Å². The summed E-state index contributed by atoms with van der Waals surface area (Å²) in [5, 5.41) is 7.14. The highest BCUT2D eigenvalue weighted by molar-refractivity contribution is 6.14. The first kappa shape index (κ1) is 35.3. The summed E-state index contributed by atoms with van der Waals surface area (Å²) in [7, 11) is 0. The van der Waals surface area contributed by atoms with Crippen molar-refractivity contribution in [3.63, 3.8) is 0 Å². The summed E-state index contributed by atoms with van der Waals surface area (Å²) < 4.78 is 6.85. The number of furan rings is 1. The Hall–Kier alpha value is -7.68. The van der Waals surface area contributed by atoms with Gasteiger partial charge >= 0.3 is 0 Å². The van der Waals surface area contributed by atoms with Gasteiger partial charge in [0, 0.05) is 33.0 Å². The normalized spacial score (nSPS) is 12.9. The van der Waals surface area contributed by atoms with E-state index >= 15 is 0 Å². The molecule has 12 rings (SSSR count). The molecule has 0 spiro atoms. The largest absolute Gasteiger partial charge is 0.455 e. The average Bonchev–Trinajstić information content (AvgIpc) is 3.80. The number of fused-ring (bicyclic) bond motifs is 8. The summed E-state index contributed by atoms with van der Waals surface area (Å²) in [5.41, 5.74) is 17.2.